The van der Waals surface area contributed by atoms with Crippen molar-refractivity contribution in [2.75, 3.05) is 6.61 Å². The number of carbonyl (C=O) groups is 1. The fourth-order valence-corrected chi connectivity index (χ4v) is 5.76. The Labute approximate surface area is 198 Å². The second-order valence-electron chi connectivity index (χ2n) is 7.95. The van der Waals surface area contributed by atoms with Crippen molar-refractivity contribution >= 4 is 39.3 Å². The molecule has 33 heavy (non-hydrogen) atoms. The molecule has 1 saturated carbocycles. The van der Waals surface area contributed by atoms with Gasteiger partial charge in [-0.05, 0) is 51.3 Å². The third-order valence-corrected chi connectivity index (χ3v) is 7.78. The van der Waals surface area contributed by atoms with Gasteiger partial charge in [0.15, 0.2) is 5.16 Å². The number of esters is 1. The normalized spacial score (nSPS) is 14.5. The summed E-state index contributed by atoms with van der Waals surface area (Å²) in [5.41, 5.74) is 1.37. The van der Waals surface area contributed by atoms with Crippen molar-refractivity contribution in [3.8, 4) is 5.69 Å². The van der Waals surface area contributed by atoms with Crippen LogP contribution in [0, 0.1) is 6.92 Å². The highest BCUT2D eigenvalue weighted by molar-refractivity contribution is 7.99. The Morgan fingerprint density at radius 2 is 2.06 bits per heavy atom. The molecule has 0 spiro atoms. The summed E-state index contributed by atoms with van der Waals surface area (Å²) in [7, 11) is 0. The zero-order valence-corrected chi connectivity index (χ0v) is 20.1. The predicted molar refractivity (Wildman–Crippen MR) is 129 cm³/mol. The molecular weight excluding hydrogens is 458 g/mol. The Bertz CT molecular complexity index is 1390. The van der Waals surface area contributed by atoms with Gasteiger partial charge in [0, 0.05) is 11.6 Å². The van der Waals surface area contributed by atoms with Crippen molar-refractivity contribution in [3.63, 3.8) is 0 Å². The van der Waals surface area contributed by atoms with Crippen LogP contribution in [0.2, 0.25) is 0 Å². The van der Waals surface area contributed by atoms with E-state index in [9.17, 15) is 9.59 Å². The van der Waals surface area contributed by atoms with Crippen LogP contribution in [-0.2, 0) is 4.74 Å². The van der Waals surface area contributed by atoms with Gasteiger partial charge in [0.05, 0.1) is 17.2 Å². The second-order valence-corrected chi connectivity index (χ2v) is 10.3. The minimum absolute atomic E-state index is 0.186. The monoisotopic (exact) mass is 481 g/mol. The van der Waals surface area contributed by atoms with E-state index in [2.05, 4.69) is 24.7 Å². The number of hydrogen-bond acceptors (Lipinski definition) is 8. The number of hydrogen-bond donors (Lipinski definition) is 1. The Balaban J connectivity index is 1.50. The number of H-pyrrole nitrogens is 1. The number of carbonyl (C=O) groups excluding carboxylic acids is 1. The Morgan fingerprint density at radius 1 is 1.30 bits per heavy atom. The van der Waals surface area contributed by atoms with Gasteiger partial charge >= 0.3 is 5.97 Å². The van der Waals surface area contributed by atoms with Gasteiger partial charge < -0.3 is 9.72 Å². The first-order valence-corrected chi connectivity index (χ1v) is 12.5. The van der Waals surface area contributed by atoms with Gasteiger partial charge in [-0.15, -0.1) is 21.5 Å². The summed E-state index contributed by atoms with van der Waals surface area (Å²) in [6, 6.07) is 10.1. The molecule has 1 aliphatic rings. The highest BCUT2D eigenvalue weighted by Crippen LogP contribution is 2.42. The minimum Gasteiger partial charge on any atom is -0.462 e. The lowest BCUT2D eigenvalue weighted by molar-refractivity contribution is 0.0531. The largest absolute Gasteiger partial charge is 0.462 e. The van der Waals surface area contributed by atoms with Gasteiger partial charge in [0.1, 0.15) is 21.4 Å². The highest BCUT2D eigenvalue weighted by Gasteiger charge is 2.31. The van der Waals surface area contributed by atoms with Crippen molar-refractivity contribution in [1.82, 2.24) is 24.7 Å². The van der Waals surface area contributed by atoms with Crippen LogP contribution < -0.4 is 5.56 Å². The van der Waals surface area contributed by atoms with E-state index in [0.717, 1.165) is 29.5 Å². The molecule has 4 aromatic rings. The van der Waals surface area contributed by atoms with E-state index in [1.165, 1.54) is 23.1 Å². The van der Waals surface area contributed by atoms with Crippen LogP contribution in [0.5, 0.6) is 0 Å². The molecule has 1 aromatic carbocycles. The maximum atomic E-state index is 12.9. The van der Waals surface area contributed by atoms with E-state index < -0.39 is 5.97 Å². The molecule has 0 bridgehead atoms. The fraction of sp³-hybridized carbons (Fsp3) is 0.348. The van der Waals surface area contributed by atoms with Crippen LogP contribution in [0.25, 0.3) is 15.9 Å². The molecule has 1 aliphatic carbocycles. The number of aryl methyl sites for hydroxylation is 1. The van der Waals surface area contributed by atoms with E-state index in [-0.39, 0.29) is 17.4 Å². The first-order chi connectivity index (χ1) is 16.0. The van der Waals surface area contributed by atoms with E-state index in [4.69, 9.17) is 4.74 Å². The lowest BCUT2D eigenvalue weighted by Gasteiger charge is -2.13. The van der Waals surface area contributed by atoms with Crippen LogP contribution in [-0.4, -0.2) is 37.3 Å². The van der Waals surface area contributed by atoms with Crippen molar-refractivity contribution in [2.24, 2.45) is 0 Å². The highest BCUT2D eigenvalue weighted by atomic mass is 32.2. The molecule has 1 atom stereocenters. The number of thioether (sulfide) groups is 1. The average Bonchev–Trinajstić information content (AvgIpc) is 3.48. The molecule has 1 N–H and O–H groups in total. The third-order valence-electron chi connectivity index (χ3n) is 5.56. The summed E-state index contributed by atoms with van der Waals surface area (Å²) in [4.78, 5) is 33.7. The molecule has 8 nitrogen and oxygen atoms in total. The number of nitrogens with one attached hydrogen (secondary N) is 1. The third kappa shape index (κ3) is 4.08. The van der Waals surface area contributed by atoms with Crippen LogP contribution in [0.4, 0.5) is 0 Å². The van der Waals surface area contributed by atoms with E-state index >= 15 is 0 Å². The van der Waals surface area contributed by atoms with Crippen molar-refractivity contribution < 1.29 is 9.53 Å². The van der Waals surface area contributed by atoms with Crippen LogP contribution >= 0.6 is 23.1 Å². The van der Waals surface area contributed by atoms with E-state index in [1.54, 1.807) is 13.8 Å². The predicted octanol–water partition coefficient (Wildman–Crippen LogP) is 4.78. The van der Waals surface area contributed by atoms with Gasteiger partial charge in [-0.3, -0.25) is 9.36 Å². The molecule has 0 amide bonds. The van der Waals surface area contributed by atoms with Crippen LogP contribution in [0.1, 0.15) is 64.7 Å². The molecular formula is C23H23N5O3S2. The Hall–Kier alpha value is -2.98. The van der Waals surface area contributed by atoms with Crippen LogP contribution in [0.3, 0.4) is 0 Å². The first-order valence-electron chi connectivity index (χ1n) is 10.9. The zero-order valence-electron chi connectivity index (χ0n) is 18.5. The maximum absolute atomic E-state index is 12.9. The lowest BCUT2D eigenvalue weighted by atomic mass is 10.2. The Morgan fingerprint density at radius 3 is 2.76 bits per heavy atom. The quantitative estimate of drug-likeness (QED) is 0.299. The molecule has 10 heteroatoms. The molecule has 3 heterocycles. The minimum atomic E-state index is -0.426. The molecule has 0 saturated heterocycles. The van der Waals surface area contributed by atoms with Gasteiger partial charge in [-0.25, -0.2) is 9.78 Å². The first kappa shape index (κ1) is 21.8. The fourth-order valence-electron chi connectivity index (χ4n) is 3.74. The maximum Gasteiger partial charge on any atom is 0.348 e. The molecule has 170 valence electrons. The van der Waals surface area contributed by atoms with E-state index in [1.807, 2.05) is 37.3 Å². The summed E-state index contributed by atoms with van der Waals surface area (Å²) >= 11 is 2.69. The Kier molecular flexibility index (Phi) is 5.79. The summed E-state index contributed by atoms with van der Waals surface area (Å²) in [5, 5.41) is 9.94. The number of nitrogens with zero attached hydrogens (tertiary/aromatic N) is 4. The number of ether oxygens (including phenoxy) is 1. The SMILES string of the molecule is CCOC(=O)c1sc2nc(C(C)Sc3nnc(C4CC4)n3-c3ccccc3)[nH]c(=O)c2c1C. The molecule has 0 aliphatic heterocycles. The number of thiophene rings is 1. The number of benzene rings is 1. The van der Waals surface area contributed by atoms with Crippen molar-refractivity contribution in [3.05, 3.63) is 62.8 Å². The summed E-state index contributed by atoms with van der Waals surface area (Å²) in [6.07, 6.45) is 2.24. The summed E-state index contributed by atoms with van der Waals surface area (Å²) in [5.74, 6) is 1.52. The van der Waals surface area contributed by atoms with Crippen LogP contribution in [0.15, 0.2) is 40.3 Å². The summed E-state index contributed by atoms with van der Waals surface area (Å²) < 4.78 is 7.23. The van der Waals surface area contributed by atoms with Crippen molar-refractivity contribution in [2.45, 2.75) is 49.9 Å². The topological polar surface area (TPSA) is 103 Å². The van der Waals surface area contributed by atoms with E-state index in [0.29, 0.717) is 32.4 Å². The zero-order chi connectivity index (χ0) is 23.1. The molecule has 0 radical (unpaired) electrons. The second kappa shape index (κ2) is 8.75. The van der Waals surface area contributed by atoms with Gasteiger partial charge in [0.2, 0.25) is 0 Å². The lowest BCUT2D eigenvalue weighted by Crippen LogP contribution is -2.13. The van der Waals surface area contributed by atoms with Gasteiger partial charge in [-0.2, -0.15) is 0 Å². The molecule has 5 rings (SSSR count). The summed E-state index contributed by atoms with van der Waals surface area (Å²) in [6.45, 7) is 5.76. The average molecular weight is 482 g/mol. The number of aromatic amines is 1. The van der Waals surface area contributed by atoms with Gasteiger partial charge in [0.25, 0.3) is 5.56 Å². The smallest absolute Gasteiger partial charge is 0.348 e. The molecule has 3 aromatic heterocycles. The standard InChI is InChI=1S/C23H23N5O3S2/c1-4-31-22(30)17-12(2)16-20(29)24-18(25-21(16)33-17)13(3)32-23-27-26-19(14-10-11-14)28(23)15-8-6-5-7-9-15/h5-9,13-14H,4,10-11H2,1-3H3,(H,24,25,29). The molecule has 1 fully saturated rings. The number of para-hydroxylation sites is 1. The number of aromatic nitrogens is 5. The molecule has 1 unspecified atom stereocenters. The number of fused-ring (bicyclic) bond motifs is 1. The van der Waals surface area contributed by atoms with Gasteiger partial charge in [-0.1, -0.05) is 30.0 Å². The van der Waals surface area contributed by atoms with Crippen molar-refractivity contribution in [1.29, 1.82) is 0 Å². The number of rotatable bonds is 7.